The van der Waals surface area contributed by atoms with Crippen molar-refractivity contribution in [2.75, 3.05) is 0 Å². The molecule has 1 amide bonds. The molecule has 0 aliphatic heterocycles. The molecule has 0 unspecified atom stereocenters. The monoisotopic (exact) mass is 245 g/mol. The number of H-pyrrole nitrogens is 1. The van der Waals surface area contributed by atoms with Crippen LogP contribution < -0.4 is 5.32 Å². The second kappa shape index (κ2) is 5.13. The van der Waals surface area contributed by atoms with E-state index in [1.165, 1.54) is 18.3 Å². The van der Waals surface area contributed by atoms with Crippen molar-refractivity contribution >= 4 is 11.9 Å². The summed E-state index contributed by atoms with van der Waals surface area (Å²) in [4.78, 5) is 29.0. The molecule has 2 aromatic heterocycles. The predicted octanol–water partition coefficient (Wildman–Crippen LogP) is 1.04. The molecule has 6 nitrogen and oxygen atoms in total. The number of nitrogens with zero attached hydrogens (tertiary/aromatic N) is 1. The summed E-state index contributed by atoms with van der Waals surface area (Å²) in [6, 6.07) is 4.56. The minimum absolute atomic E-state index is 0.149. The van der Waals surface area contributed by atoms with Crippen LogP contribution in [0.25, 0.3) is 0 Å². The van der Waals surface area contributed by atoms with Crippen LogP contribution in [0.4, 0.5) is 0 Å². The van der Waals surface area contributed by atoms with Gasteiger partial charge in [0, 0.05) is 30.7 Å². The Balaban J connectivity index is 2.04. The zero-order valence-electron chi connectivity index (χ0n) is 9.38. The van der Waals surface area contributed by atoms with Crippen molar-refractivity contribution in [1.29, 1.82) is 0 Å². The quantitative estimate of drug-likeness (QED) is 0.749. The molecule has 0 saturated carbocycles. The second-order valence-electron chi connectivity index (χ2n) is 3.64. The van der Waals surface area contributed by atoms with Gasteiger partial charge in [0.15, 0.2) is 0 Å². The Hall–Kier alpha value is -2.63. The van der Waals surface area contributed by atoms with E-state index in [-0.39, 0.29) is 17.2 Å². The van der Waals surface area contributed by atoms with Crippen LogP contribution in [0.5, 0.6) is 0 Å². The van der Waals surface area contributed by atoms with Gasteiger partial charge in [0.05, 0.1) is 0 Å². The van der Waals surface area contributed by atoms with Gasteiger partial charge >= 0.3 is 5.97 Å². The summed E-state index contributed by atoms with van der Waals surface area (Å²) in [5, 5.41) is 11.5. The van der Waals surface area contributed by atoms with Crippen LogP contribution >= 0.6 is 0 Å². The lowest BCUT2D eigenvalue weighted by atomic mass is 10.2. The van der Waals surface area contributed by atoms with Crippen molar-refractivity contribution in [3.8, 4) is 0 Å². The van der Waals surface area contributed by atoms with Crippen LogP contribution in [0.2, 0.25) is 0 Å². The number of pyridine rings is 1. The Bertz CT molecular complexity index is 564. The van der Waals surface area contributed by atoms with Crippen LogP contribution in [-0.2, 0) is 6.54 Å². The van der Waals surface area contributed by atoms with Crippen molar-refractivity contribution in [2.24, 2.45) is 0 Å². The first kappa shape index (κ1) is 11.8. The minimum Gasteiger partial charge on any atom is -0.477 e. The number of aromatic amines is 1. The molecule has 0 aromatic carbocycles. The summed E-state index contributed by atoms with van der Waals surface area (Å²) in [6.07, 6.45) is 4.83. The number of carboxylic acids is 1. The second-order valence-corrected chi connectivity index (χ2v) is 3.64. The topological polar surface area (TPSA) is 95.1 Å². The van der Waals surface area contributed by atoms with Crippen molar-refractivity contribution in [1.82, 2.24) is 15.3 Å². The molecule has 2 heterocycles. The number of nitrogens with one attached hydrogen (secondary N) is 2. The van der Waals surface area contributed by atoms with Gasteiger partial charge in [-0.1, -0.05) is 0 Å². The number of rotatable bonds is 4. The van der Waals surface area contributed by atoms with Crippen LogP contribution in [0, 0.1) is 0 Å². The molecule has 6 heteroatoms. The van der Waals surface area contributed by atoms with Crippen molar-refractivity contribution in [3.63, 3.8) is 0 Å². The van der Waals surface area contributed by atoms with Crippen LogP contribution in [0.15, 0.2) is 36.8 Å². The highest BCUT2D eigenvalue weighted by Gasteiger charge is 2.10. The maximum absolute atomic E-state index is 11.8. The minimum atomic E-state index is -1.16. The Kier molecular flexibility index (Phi) is 3.38. The molecule has 18 heavy (non-hydrogen) atoms. The Labute approximate surface area is 103 Å². The third-order valence-electron chi connectivity index (χ3n) is 2.36. The number of amides is 1. The zero-order chi connectivity index (χ0) is 13.0. The average molecular weight is 245 g/mol. The summed E-state index contributed by atoms with van der Waals surface area (Å²) in [5.74, 6) is -1.49. The molecule has 0 aliphatic rings. The molecule has 3 N–H and O–H groups in total. The van der Waals surface area contributed by atoms with E-state index >= 15 is 0 Å². The van der Waals surface area contributed by atoms with Crippen LogP contribution in [0.1, 0.15) is 26.4 Å². The van der Waals surface area contributed by atoms with E-state index in [0.717, 1.165) is 5.56 Å². The molecular weight excluding hydrogens is 234 g/mol. The Morgan fingerprint density at radius 1 is 1.39 bits per heavy atom. The average Bonchev–Trinajstić information content (AvgIpc) is 2.89. The lowest BCUT2D eigenvalue weighted by molar-refractivity contribution is 0.0690. The number of hydrogen-bond donors (Lipinski definition) is 3. The van der Waals surface area contributed by atoms with Crippen molar-refractivity contribution in [3.05, 3.63) is 53.6 Å². The first-order chi connectivity index (χ1) is 8.66. The SMILES string of the molecule is O=C(NCc1cc[nH]c1)c1ccnc(C(=O)O)c1. The molecule has 0 atom stereocenters. The van der Waals surface area contributed by atoms with E-state index in [0.29, 0.717) is 6.54 Å². The lowest BCUT2D eigenvalue weighted by Crippen LogP contribution is -2.23. The molecule has 92 valence electrons. The molecule has 0 bridgehead atoms. The van der Waals surface area contributed by atoms with E-state index < -0.39 is 5.97 Å². The number of carbonyl (C=O) groups excluding carboxylic acids is 1. The van der Waals surface area contributed by atoms with E-state index in [4.69, 9.17) is 5.11 Å². The molecule has 2 rings (SSSR count). The fourth-order valence-electron chi connectivity index (χ4n) is 1.44. The lowest BCUT2D eigenvalue weighted by Gasteiger charge is -2.04. The number of aromatic nitrogens is 2. The molecule has 0 fully saturated rings. The van der Waals surface area contributed by atoms with Gasteiger partial charge in [-0.25, -0.2) is 9.78 Å². The van der Waals surface area contributed by atoms with E-state index in [9.17, 15) is 9.59 Å². The summed E-state index contributed by atoms with van der Waals surface area (Å²) >= 11 is 0. The number of hydrogen-bond acceptors (Lipinski definition) is 3. The summed E-state index contributed by atoms with van der Waals surface area (Å²) < 4.78 is 0. The maximum atomic E-state index is 11.8. The third-order valence-corrected chi connectivity index (χ3v) is 2.36. The van der Waals surface area contributed by atoms with E-state index in [1.807, 2.05) is 6.07 Å². The van der Waals surface area contributed by atoms with Gasteiger partial charge in [-0.2, -0.15) is 0 Å². The largest absolute Gasteiger partial charge is 0.477 e. The molecular formula is C12H11N3O3. The zero-order valence-corrected chi connectivity index (χ0v) is 9.38. The smallest absolute Gasteiger partial charge is 0.354 e. The molecule has 0 radical (unpaired) electrons. The van der Waals surface area contributed by atoms with Crippen molar-refractivity contribution in [2.45, 2.75) is 6.54 Å². The van der Waals surface area contributed by atoms with E-state index in [2.05, 4.69) is 15.3 Å². The molecule has 2 aromatic rings. The highest BCUT2D eigenvalue weighted by atomic mass is 16.4. The van der Waals surface area contributed by atoms with Crippen LogP contribution in [0.3, 0.4) is 0 Å². The van der Waals surface area contributed by atoms with Gasteiger partial charge in [-0.3, -0.25) is 4.79 Å². The predicted molar refractivity (Wildman–Crippen MR) is 63.2 cm³/mol. The number of carbonyl (C=O) groups is 2. The fraction of sp³-hybridized carbons (Fsp3) is 0.0833. The van der Waals surface area contributed by atoms with Gasteiger partial charge in [0.1, 0.15) is 5.69 Å². The normalized spacial score (nSPS) is 10.0. The summed E-state index contributed by atoms with van der Waals surface area (Å²) in [6.45, 7) is 0.382. The molecule has 0 spiro atoms. The van der Waals surface area contributed by atoms with Gasteiger partial charge in [-0.15, -0.1) is 0 Å². The number of aromatic carboxylic acids is 1. The van der Waals surface area contributed by atoms with Gasteiger partial charge in [-0.05, 0) is 23.8 Å². The summed E-state index contributed by atoms with van der Waals surface area (Å²) in [5.41, 5.74) is 1.07. The van der Waals surface area contributed by atoms with Crippen molar-refractivity contribution < 1.29 is 14.7 Å². The van der Waals surface area contributed by atoms with E-state index in [1.54, 1.807) is 12.4 Å². The fourth-order valence-corrected chi connectivity index (χ4v) is 1.44. The van der Waals surface area contributed by atoms with Gasteiger partial charge < -0.3 is 15.4 Å². The first-order valence-corrected chi connectivity index (χ1v) is 5.26. The summed E-state index contributed by atoms with van der Waals surface area (Å²) in [7, 11) is 0. The van der Waals surface area contributed by atoms with Crippen LogP contribution in [-0.4, -0.2) is 27.0 Å². The molecule has 0 aliphatic carbocycles. The first-order valence-electron chi connectivity index (χ1n) is 5.26. The Morgan fingerprint density at radius 2 is 2.22 bits per heavy atom. The highest BCUT2D eigenvalue weighted by molar-refractivity contribution is 5.96. The third kappa shape index (κ3) is 2.73. The standard InChI is InChI=1S/C12H11N3O3/c16-11(15-7-8-1-3-13-6-8)9-2-4-14-10(5-9)12(17)18/h1-6,13H,7H2,(H,15,16)(H,17,18). The molecule has 0 saturated heterocycles. The maximum Gasteiger partial charge on any atom is 0.354 e. The highest BCUT2D eigenvalue weighted by Crippen LogP contribution is 2.03. The Morgan fingerprint density at radius 3 is 2.89 bits per heavy atom. The number of carboxylic acid groups (broad SMARTS) is 1. The van der Waals surface area contributed by atoms with Gasteiger partial charge in [0.2, 0.25) is 0 Å². The van der Waals surface area contributed by atoms with Gasteiger partial charge in [0.25, 0.3) is 5.91 Å².